The number of fused-ring (bicyclic) bond motifs is 7. The van der Waals surface area contributed by atoms with Crippen LogP contribution in [0.2, 0.25) is 0 Å². The molecule has 10 aromatic carbocycles. The normalized spacial score (nSPS) is 14.3. The lowest BCUT2D eigenvalue weighted by Crippen LogP contribution is -2.28. The van der Waals surface area contributed by atoms with Gasteiger partial charge in [0.25, 0.3) is 0 Å². The molecule has 1 aliphatic rings. The van der Waals surface area contributed by atoms with Crippen molar-refractivity contribution in [2.24, 2.45) is 0 Å². The third kappa shape index (κ3) is 5.57. The Labute approximate surface area is 355 Å². The molecule has 1 atom stereocenters. The fraction of sp³-hybridized carbons (Fsp3) is 0.0169. The first-order valence-corrected chi connectivity index (χ1v) is 21.0. The summed E-state index contributed by atoms with van der Waals surface area (Å²) in [6.45, 7) is 0. The Kier molecular flexibility index (Phi) is 8.11. The van der Waals surface area contributed by atoms with Gasteiger partial charge in [0.15, 0.2) is 0 Å². The molecule has 0 aliphatic heterocycles. The summed E-state index contributed by atoms with van der Waals surface area (Å²) in [7, 11) is 0. The predicted molar refractivity (Wildman–Crippen MR) is 254 cm³/mol. The van der Waals surface area contributed by atoms with Crippen LogP contribution in [0.15, 0.2) is 241 Å². The fourth-order valence-corrected chi connectivity index (χ4v) is 9.99. The monoisotopic (exact) mass is 777 g/mol. The minimum Gasteiger partial charge on any atom is -0.456 e. The third-order valence-electron chi connectivity index (χ3n) is 12.8. The molecule has 61 heavy (non-hydrogen) atoms. The van der Waals surface area contributed by atoms with Crippen LogP contribution >= 0.6 is 0 Å². The first-order chi connectivity index (χ1) is 30.2. The van der Waals surface area contributed by atoms with Gasteiger partial charge in [-0.05, 0) is 109 Å². The van der Waals surface area contributed by atoms with Crippen LogP contribution in [0.25, 0.3) is 66.1 Å². The molecule has 0 N–H and O–H groups in total. The van der Waals surface area contributed by atoms with E-state index in [1.165, 1.54) is 66.4 Å². The minimum absolute atomic E-state index is 0.564. The Morgan fingerprint density at radius 2 is 0.869 bits per heavy atom. The molecule has 0 amide bonds. The Morgan fingerprint density at radius 3 is 1.70 bits per heavy atom. The van der Waals surface area contributed by atoms with Crippen molar-refractivity contribution in [3.63, 3.8) is 0 Å². The smallest absolute Gasteiger partial charge is 0.137 e. The maximum absolute atomic E-state index is 6.51. The van der Waals surface area contributed by atoms with Gasteiger partial charge in [0.05, 0.1) is 5.41 Å². The van der Waals surface area contributed by atoms with E-state index in [-0.39, 0.29) is 0 Å². The molecule has 11 aromatic rings. The van der Waals surface area contributed by atoms with E-state index in [9.17, 15) is 0 Å². The van der Waals surface area contributed by atoms with Gasteiger partial charge in [-0.2, -0.15) is 0 Å². The van der Waals surface area contributed by atoms with E-state index < -0.39 is 5.41 Å². The third-order valence-corrected chi connectivity index (χ3v) is 12.8. The average molecular weight is 778 g/mol. The second-order valence-electron chi connectivity index (χ2n) is 16.0. The van der Waals surface area contributed by atoms with E-state index >= 15 is 0 Å². The average Bonchev–Trinajstić information content (AvgIpc) is 3.85. The summed E-state index contributed by atoms with van der Waals surface area (Å²) < 4.78 is 6.51. The first-order valence-electron chi connectivity index (χ1n) is 21.0. The molecule has 1 heterocycles. The highest BCUT2D eigenvalue weighted by atomic mass is 16.3. The maximum Gasteiger partial charge on any atom is 0.137 e. The van der Waals surface area contributed by atoms with Gasteiger partial charge in [-0.25, -0.2) is 0 Å². The van der Waals surface area contributed by atoms with Gasteiger partial charge in [0.2, 0.25) is 0 Å². The van der Waals surface area contributed by atoms with E-state index in [0.29, 0.717) is 0 Å². The highest BCUT2D eigenvalue weighted by molar-refractivity contribution is 6.06. The molecule has 12 rings (SSSR count). The number of hydrogen-bond donors (Lipinski definition) is 0. The summed E-state index contributed by atoms with van der Waals surface area (Å²) in [6, 6.07) is 86.1. The molecule has 2 heteroatoms. The van der Waals surface area contributed by atoms with Gasteiger partial charge in [-0.3, -0.25) is 0 Å². The van der Waals surface area contributed by atoms with Crippen LogP contribution in [0.5, 0.6) is 0 Å². The molecule has 0 saturated heterocycles. The molecule has 2 nitrogen and oxygen atoms in total. The van der Waals surface area contributed by atoms with Crippen LogP contribution in [0.3, 0.4) is 0 Å². The number of rotatable bonds is 7. The summed E-state index contributed by atoms with van der Waals surface area (Å²) >= 11 is 0. The molecule has 0 radical (unpaired) electrons. The molecule has 1 aromatic heterocycles. The molecular weight excluding hydrogens is 739 g/mol. The van der Waals surface area contributed by atoms with Crippen LogP contribution in [-0.4, -0.2) is 0 Å². The van der Waals surface area contributed by atoms with Crippen LogP contribution in [0, 0.1) is 0 Å². The predicted octanol–water partition coefficient (Wildman–Crippen LogP) is 15.9. The van der Waals surface area contributed by atoms with Gasteiger partial charge in [0, 0.05) is 33.9 Å². The highest BCUT2D eigenvalue weighted by Crippen LogP contribution is 2.57. The van der Waals surface area contributed by atoms with Crippen LogP contribution in [0.4, 0.5) is 17.1 Å². The van der Waals surface area contributed by atoms with E-state index in [1.54, 1.807) is 0 Å². The van der Waals surface area contributed by atoms with Crippen molar-refractivity contribution in [2.45, 2.75) is 5.41 Å². The second kappa shape index (κ2) is 14.1. The van der Waals surface area contributed by atoms with Crippen molar-refractivity contribution in [3.05, 3.63) is 259 Å². The molecule has 1 unspecified atom stereocenters. The van der Waals surface area contributed by atoms with E-state index in [2.05, 4.69) is 229 Å². The van der Waals surface area contributed by atoms with E-state index in [1.807, 2.05) is 12.1 Å². The number of para-hydroxylation sites is 1. The Morgan fingerprint density at radius 1 is 0.311 bits per heavy atom. The summed E-state index contributed by atoms with van der Waals surface area (Å²) in [5.41, 5.74) is 16.7. The lowest BCUT2D eigenvalue weighted by molar-refractivity contribution is 0.669. The molecule has 0 spiro atoms. The second-order valence-corrected chi connectivity index (χ2v) is 16.0. The SMILES string of the molecule is c1ccc(-c2ccc(C3(c4ccccc4)c4ccccc4-c4ccc(N(c5ccc(-c6cccc7ccccc67)cc5)c5ccc6c(c5)oc5ccccc56)cc43)cc2)cc1. The minimum atomic E-state index is -0.564. The number of hydrogen-bond acceptors (Lipinski definition) is 2. The van der Waals surface area contributed by atoms with Gasteiger partial charge in [-0.15, -0.1) is 0 Å². The van der Waals surface area contributed by atoms with Crippen molar-refractivity contribution in [2.75, 3.05) is 4.90 Å². The molecule has 286 valence electrons. The molecule has 0 saturated carbocycles. The fourth-order valence-electron chi connectivity index (χ4n) is 9.99. The maximum atomic E-state index is 6.51. The van der Waals surface area contributed by atoms with Crippen molar-refractivity contribution in [1.82, 2.24) is 0 Å². The van der Waals surface area contributed by atoms with Crippen LogP contribution in [0.1, 0.15) is 22.3 Å². The number of benzene rings is 10. The van der Waals surface area contributed by atoms with Crippen molar-refractivity contribution >= 4 is 49.8 Å². The van der Waals surface area contributed by atoms with Gasteiger partial charge >= 0.3 is 0 Å². The Balaban J connectivity index is 1.07. The van der Waals surface area contributed by atoms with Crippen molar-refractivity contribution in [3.8, 4) is 33.4 Å². The van der Waals surface area contributed by atoms with E-state index in [4.69, 9.17) is 4.42 Å². The Bertz CT molecular complexity index is 3400. The zero-order valence-corrected chi connectivity index (χ0v) is 33.4. The quantitative estimate of drug-likeness (QED) is 0.160. The lowest BCUT2D eigenvalue weighted by Gasteiger charge is -2.35. The van der Waals surface area contributed by atoms with Gasteiger partial charge < -0.3 is 9.32 Å². The zero-order chi connectivity index (χ0) is 40.3. The van der Waals surface area contributed by atoms with Crippen molar-refractivity contribution in [1.29, 1.82) is 0 Å². The number of anilines is 3. The van der Waals surface area contributed by atoms with Gasteiger partial charge in [0.1, 0.15) is 11.2 Å². The lowest BCUT2D eigenvalue weighted by atomic mass is 9.67. The topological polar surface area (TPSA) is 16.4 Å². The molecule has 1 aliphatic carbocycles. The molecular formula is C59H39NO. The largest absolute Gasteiger partial charge is 0.456 e. The Hall–Kier alpha value is -7.94. The molecule has 0 fully saturated rings. The van der Waals surface area contributed by atoms with Crippen LogP contribution in [-0.2, 0) is 5.41 Å². The summed E-state index contributed by atoms with van der Waals surface area (Å²) in [5, 5.41) is 4.71. The number of furan rings is 1. The van der Waals surface area contributed by atoms with Gasteiger partial charge in [-0.1, -0.05) is 188 Å². The molecule has 0 bridgehead atoms. The highest BCUT2D eigenvalue weighted by Gasteiger charge is 2.46. The number of nitrogens with zero attached hydrogens (tertiary/aromatic N) is 1. The van der Waals surface area contributed by atoms with Crippen molar-refractivity contribution < 1.29 is 4.42 Å². The summed E-state index contributed by atoms with van der Waals surface area (Å²) in [4.78, 5) is 2.39. The standard InChI is InChI=1S/C59H39NO/c1-3-14-40(15-4-1)41-26-30-45(31-27-41)59(44-18-5-2-6-19-44)55-24-11-9-21-51(55)52-36-34-47(38-56(52)59)60(48-35-37-54-53-22-10-12-25-57(53)61-58(54)39-48)46-32-28-43(29-33-46)50-23-13-17-42-16-7-8-20-49(42)50/h1-39H. The first kappa shape index (κ1) is 35.0. The van der Waals surface area contributed by atoms with Crippen LogP contribution < -0.4 is 4.90 Å². The summed E-state index contributed by atoms with van der Waals surface area (Å²) in [5.74, 6) is 0. The summed E-state index contributed by atoms with van der Waals surface area (Å²) in [6.07, 6.45) is 0. The zero-order valence-electron chi connectivity index (χ0n) is 33.4. The van der Waals surface area contributed by atoms with E-state index in [0.717, 1.165) is 39.0 Å².